The van der Waals surface area contributed by atoms with Crippen LogP contribution >= 0.6 is 0 Å². The minimum absolute atomic E-state index is 0.0926. The molecule has 6 nitrogen and oxygen atoms in total. The maximum absolute atomic E-state index is 12.3. The fourth-order valence-electron chi connectivity index (χ4n) is 2.10. The summed E-state index contributed by atoms with van der Waals surface area (Å²) in [7, 11) is 3.89. The van der Waals surface area contributed by atoms with Gasteiger partial charge < -0.3 is 14.6 Å². The van der Waals surface area contributed by atoms with Crippen LogP contribution in [0.3, 0.4) is 0 Å². The first-order chi connectivity index (χ1) is 9.56. The molecule has 1 N–H and O–H groups in total. The Bertz CT molecular complexity index is 597. The van der Waals surface area contributed by atoms with E-state index in [-0.39, 0.29) is 28.9 Å². The summed E-state index contributed by atoms with van der Waals surface area (Å²) in [6.45, 7) is 1.37. The molecule has 1 aromatic heterocycles. The van der Waals surface area contributed by atoms with Gasteiger partial charge in [-0.2, -0.15) is 0 Å². The number of Topliss-reactive ketones (excluding diaryl/α,β-unsaturated/α-hetero) is 1. The van der Waals surface area contributed by atoms with Gasteiger partial charge in [0.1, 0.15) is 0 Å². The predicted molar refractivity (Wildman–Crippen MR) is 71.8 cm³/mol. The molecule has 0 unspecified atom stereocenters. The van der Waals surface area contributed by atoms with E-state index in [1.807, 2.05) is 19.0 Å². The van der Waals surface area contributed by atoms with Crippen molar-refractivity contribution in [1.82, 2.24) is 15.2 Å². The Hall–Kier alpha value is -1.95. The summed E-state index contributed by atoms with van der Waals surface area (Å²) in [4.78, 5) is 30.5. The van der Waals surface area contributed by atoms with Gasteiger partial charge in [0.05, 0.1) is 5.70 Å². The Morgan fingerprint density at radius 1 is 1.40 bits per heavy atom. The molecule has 1 saturated carbocycles. The molecule has 2 aliphatic rings. The average molecular weight is 275 g/mol. The lowest BCUT2D eigenvalue weighted by atomic mass is 10.0. The zero-order chi connectivity index (χ0) is 14.3. The summed E-state index contributed by atoms with van der Waals surface area (Å²) in [5.74, 6) is 0.362. The summed E-state index contributed by atoms with van der Waals surface area (Å²) in [6.07, 6.45) is 3.34. The molecule has 0 bridgehead atoms. The van der Waals surface area contributed by atoms with E-state index in [1.165, 1.54) is 6.08 Å². The summed E-state index contributed by atoms with van der Waals surface area (Å²) in [6, 6.07) is 0. The molecule has 0 spiro atoms. The number of fused-ring (bicyclic) bond motifs is 1. The van der Waals surface area contributed by atoms with Crippen molar-refractivity contribution in [1.29, 1.82) is 0 Å². The zero-order valence-electron chi connectivity index (χ0n) is 11.6. The van der Waals surface area contributed by atoms with Crippen LogP contribution in [0.4, 0.5) is 0 Å². The first-order valence-corrected chi connectivity index (χ1v) is 6.76. The Labute approximate surface area is 116 Å². The molecule has 106 valence electrons. The normalized spacial score (nSPS) is 18.2. The van der Waals surface area contributed by atoms with E-state index < -0.39 is 0 Å². The summed E-state index contributed by atoms with van der Waals surface area (Å²) < 4.78 is 5.44. The molecule has 1 aromatic rings. The topological polar surface area (TPSA) is 75.4 Å². The minimum Gasteiger partial charge on any atom is -0.436 e. The first kappa shape index (κ1) is 13.1. The molecule has 20 heavy (non-hydrogen) atoms. The highest BCUT2D eigenvalue weighted by Crippen LogP contribution is 2.40. The van der Waals surface area contributed by atoms with Gasteiger partial charge in [-0.15, -0.1) is 0 Å². The Balaban J connectivity index is 1.77. The molecular formula is C14H17N3O3. The van der Waals surface area contributed by atoms with Crippen LogP contribution in [0.5, 0.6) is 0 Å². The van der Waals surface area contributed by atoms with Crippen molar-refractivity contribution in [2.24, 2.45) is 0 Å². The second-order valence-electron chi connectivity index (χ2n) is 5.49. The lowest BCUT2D eigenvalue weighted by molar-refractivity contribution is 0.0959. The summed E-state index contributed by atoms with van der Waals surface area (Å²) in [5.41, 5.74) is 0.465. The molecule has 0 aliphatic heterocycles. The molecule has 3 rings (SSSR count). The van der Waals surface area contributed by atoms with Crippen molar-refractivity contribution in [3.63, 3.8) is 0 Å². The van der Waals surface area contributed by atoms with Crippen molar-refractivity contribution < 1.29 is 14.0 Å². The van der Waals surface area contributed by atoms with E-state index in [0.717, 1.165) is 19.4 Å². The second-order valence-corrected chi connectivity index (χ2v) is 5.49. The molecule has 0 radical (unpaired) electrons. The zero-order valence-corrected chi connectivity index (χ0v) is 11.6. The maximum Gasteiger partial charge on any atom is 0.231 e. The van der Waals surface area contributed by atoms with Crippen molar-refractivity contribution in [3.05, 3.63) is 29.1 Å². The highest BCUT2D eigenvalue weighted by atomic mass is 16.4. The molecule has 1 fully saturated rings. The Morgan fingerprint density at radius 2 is 2.15 bits per heavy atom. The number of likely N-dealkylation sites (N-methyl/N-ethyl adjacent to an activating group) is 1. The predicted octanol–water partition coefficient (Wildman–Crippen LogP) is 0.966. The third-order valence-electron chi connectivity index (χ3n) is 3.40. The molecule has 6 heteroatoms. The highest BCUT2D eigenvalue weighted by Gasteiger charge is 2.36. The van der Waals surface area contributed by atoms with Crippen LogP contribution in [-0.4, -0.2) is 48.6 Å². The molecule has 0 aromatic carbocycles. The van der Waals surface area contributed by atoms with Gasteiger partial charge in [0.2, 0.25) is 17.3 Å². The third kappa shape index (κ3) is 2.38. The fraction of sp³-hybridized carbons (Fsp3) is 0.500. The van der Waals surface area contributed by atoms with Crippen LogP contribution in [0.1, 0.15) is 45.7 Å². The molecular weight excluding hydrogens is 258 g/mol. The summed E-state index contributed by atoms with van der Waals surface area (Å²) in [5, 5.41) is 3.00. The molecule has 0 amide bonds. The monoisotopic (exact) mass is 275 g/mol. The van der Waals surface area contributed by atoms with Gasteiger partial charge in [-0.3, -0.25) is 9.59 Å². The number of hydrogen-bond donors (Lipinski definition) is 1. The summed E-state index contributed by atoms with van der Waals surface area (Å²) >= 11 is 0. The molecule has 2 aliphatic carbocycles. The number of allylic oxidation sites excluding steroid dienone is 2. The highest BCUT2D eigenvalue weighted by molar-refractivity contribution is 6.22. The van der Waals surface area contributed by atoms with Crippen LogP contribution in [0.25, 0.3) is 0 Å². The number of nitrogens with one attached hydrogen (secondary N) is 1. The first-order valence-electron chi connectivity index (χ1n) is 6.76. The van der Waals surface area contributed by atoms with E-state index >= 15 is 0 Å². The second kappa shape index (κ2) is 4.86. The Morgan fingerprint density at radius 3 is 2.80 bits per heavy atom. The smallest absolute Gasteiger partial charge is 0.231 e. The molecule has 0 saturated heterocycles. The molecule has 0 atom stereocenters. The SMILES string of the molecule is CN(C)CCNC1=CC(=O)c2oc(C3CC3)nc2C1=O. The number of oxazole rings is 1. The quantitative estimate of drug-likeness (QED) is 0.863. The lowest BCUT2D eigenvalue weighted by Gasteiger charge is -2.14. The van der Waals surface area contributed by atoms with Crippen molar-refractivity contribution in [2.45, 2.75) is 18.8 Å². The van der Waals surface area contributed by atoms with Gasteiger partial charge in [0.25, 0.3) is 0 Å². The van der Waals surface area contributed by atoms with Gasteiger partial charge in [-0.05, 0) is 26.9 Å². The van der Waals surface area contributed by atoms with Crippen molar-refractivity contribution >= 4 is 11.6 Å². The van der Waals surface area contributed by atoms with Gasteiger partial charge in [0, 0.05) is 25.1 Å². The lowest BCUT2D eigenvalue weighted by Crippen LogP contribution is -2.31. The number of ketones is 2. The number of hydrogen-bond acceptors (Lipinski definition) is 6. The number of rotatable bonds is 5. The van der Waals surface area contributed by atoms with Gasteiger partial charge >= 0.3 is 0 Å². The van der Waals surface area contributed by atoms with Crippen LogP contribution in [-0.2, 0) is 0 Å². The van der Waals surface area contributed by atoms with Crippen LogP contribution in [0.15, 0.2) is 16.2 Å². The van der Waals surface area contributed by atoms with Crippen LogP contribution in [0, 0.1) is 0 Å². The van der Waals surface area contributed by atoms with E-state index in [1.54, 1.807) is 0 Å². The van der Waals surface area contributed by atoms with Crippen LogP contribution < -0.4 is 5.32 Å². The van der Waals surface area contributed by atoms with Gasteiger partial charge in [0.15, 0.2) is 11.6 Å². The average Bonchev–Trinajstić information content (AvgIpc) is 3.14. The van der Waals surface area contributed by atoms with E-state index in [9.17, 15) is 9.59 Å². The van der Waals surface area contributed by atoms with Crippen LogP contribution in [0.2, 0.25) is 0 Å². The van der Waals surface area contributed by atoms with E-state index in [0.29, 0.717) is 18.1 Å². The fourth-order valence-corrected chi connectivity index (χ4v) is 2.10. The largest absolute Gasteiger partial charge is 0.436 e. The standard InChI is InChI=1S/C14H17N3O3/c1-17(2)6-5-15-9-7-10(18)13-11(12(9)19)16-14(20-13)8-3-4-8/h7-8,15H,3-6H2,1-2H3. The minimum atomic E-state index is -0.286. The number of nitrogens with zero attached hydrogens (tertiary/aromatic N) is 2. The maximum atomic E-state index is 12.3. The number of carbonyl (C=O) groups excluding carboxylic acids is 2. The van der Waals surface area contributed by atoms with E-state index in [4.69, 9.17) is 4.42 Å². The number of aromatic nitrogens is 1. The Kier molecular flexibility index (Phi) is 3.17. The van der Waals surface area contributed by atoms with E-state index in [2.05, 4.69) is 10.3 Å². The van der Waals surface area contributed by atoms with Crippen molar-refractivity contribution in [2.75, 3.05) is 27.2 Å². The third-order valence-corrected chi connectivity index (χ3v) is 3.40. The number of carbonyl (C=O) groups is 2. The molecule has 1 heterocycles. The van der Waals surface area contributed by atoms with Crippen molar-refractivity contribution in [3.8, 4) is 0 Å². The van der Waals surface area contributed by atoms with Gasteiger partial charge in [-0.1, -0.05) is 0 Å². The van der Waals surface area contributed by atoms with Gasteiger partial charge in [-0.25, -0.2) is 4.98 Å².